The van der Waals surface area contributed by atoms with Crippen LogP contribution in [-0.4, -0.2) is 24.9 Å². The molecule has 2 heterocycles. The monoisotopic (exact) mass is 260 g/mol. The zero-order valence-electron chi connectivity index (χ0n) is 10.8. The molecule has 0 amide bonds. The van der Waals surface area contributed by atoms with Gasteiger partial charge in [-0.2, -0.15) is 0 Å². The van der Waals surface area contributed by atoms with Crippen molar-refractivity contribution in [1.29, 1.82) is 0 Å². The Kier molecular flexibility index (Phi) is 3.77. The number of carbonyl (C=O) groups excluding carboxylic acids is 1. The predicted molar refractivity (Wildman–Crippen MR) is 75.7 cm³/mol. The lowest BCUT2D eigenvalue weighted by Gasteiger charge is -2.10. The number of ketones is 1. The first-order valence-corrected chi connectivity index (χ1v) is 6.76. The largest absolute Gasteiger partial charge is 0.363 e. The number of nitrogens with zero attached hydrogens (tertiary/aromatic N) is 2. The van der Waals surface area contributed by atoms with Crippen molar-refractivity contribution < 1.29 is 4.79 Å². The molecule has 0 unspecified atom stereocenters. The molecule has 0 atom stereocenters. The molecule has 0 bridgehead atoms. The Morgan fingerprint density at radius 1 is 1.33 bits per heavy atom. The van der Waals surface area contributed by atoms with Crippen LogP contribution in [0.15, 0.2) is 29.8 Å². The van der Waals surface area contributed by atoms with E-state index in [-0.39, 0.29) is 5.78 Å². The molecule has 94 valence electrons. The molecule has 0 aliphatic rings. The molecule has 3 nitrogen and oxygen atoms in total. The topological polar surface area (TPSA) is 33.2 Å². The highest BCUT2D eigenvalue weighted by molar-refractivity contribution is 7.12. The molecule has 0 fully saturated rings. The third-order valence-electron chi connectivity index (χ3n) is 2.80. The molecular weight excluding hydrogens is 244 g/mol. The maximum atomic E-state index is 12.3. The highest BCUT2D eigenvalue weighted by Crippen LogP contribution is 2.21. The van der Waals surface area contributed by atoms with Crippen LogP contribution in [-0.2, 0) is 6.42 Å². The van der Waals surface area contributed by atoms with Crippen molar-refractivity contribution in [2.24, 2.45) is 0 Å². The first kappa shape index (κ1) is 12.8. The number of hydrogen-bond donors (Lipinski definition) is 0. The average Bonchev–Trinajstić information content (AvgIpc) is 2.86. The molecule has 18 heavy (non-hydrogen) atoms. The van der Waals surface area contributed by atoms with Gasteiger partial charge in [0.2, 0.25) is 5.78 Å². The van der Waals surface area contributed by atoms with Crippen LogP contribution in [0, 0.1) is 0 Å². The quantitative estimate of drug-likeness (QED) is 0.792. The standard InChI is InChI=1S/C14H16N2OS/c1-4-10-7-8-18-14(10)13(17)11-5-6-12(15-9-11)16(2)3/h5-9H,4H2,1-3H3. The average molecular weight is 260 g/mol. The summed E-state index contributed by atoms with van der Waals surface area (Å²) in [6.07, 6.45) is 2.53. The normalized spacial score (nSPS) is 10.4. The fourth-order valence-electron chi connectivity index (χ4n) is 1.73. The van der Waals surface area contributed by atoms with Crippen LogP contribution in [0.5, 0.6) is 0 Å². The molecule has 2 aromatic heterocycles. The van der Waals surface area contributed by atoms with Gasteiger partial charge >= 0.3 is 0 Å². The van der Waals surface area contributed by atoms with Gasteiger partial charge in [0.05, 0.1) is 4.88 Å². The molecule has 0 aliphatic heterocycles. The number of aryl methyl sites for hydroxylation is 1. The van der Waals surface area contributed by atoms with Crippen LogP contribution >= 0.6 is 11.3 Å². The highest BCUT2D eigenvalue weighted by atomic mass is 32.1. The van der Waals surface area contributed by atoms with E-state index in [4.69, 9.17) is 0 Å². The third kappa shape index (κ3) is 2.43. The van der Waals surface area contributed by atoms with Crippen LogP contribution in [0.2, 0.25) is 0 Å². The third-order valence-corrected chi connectivity index (χ3v) is 3.76. The Labute approximate surface area is 111 Å². The first-order chi connectivity index (χ1) is 8.63. The van der Waals surface area contributed by atoms with E-state index in [9.17, 15) is 4.79 Å². The zero-order valence-corrected chi connectivity index (χ0v) is 11.6. The number of aromatic nitrogens is 1. The van der Waals surface area contributed by atoms with Crippen LogP contribution in [0.1, 0.15) is 27.7 Å². The van der Waals surface area contributed by atoms with Gasteiger partial charge in [-0.15, -0.1) is 11.3 Å². The van der Waals surface area contributed by atoms with Crippen molar-refractivity contribution in [3.63, 3.8) is 0 Å². The Balaban J connectivity index is 2.29. The predicted octanol–water partition coefficient (Wildman–Crippen LogP) is 3.00. The molecule has 0 saturated heterocycles. The summed E-state index contributed by atoms with van der Waals surface area (Å²) in [5, 5.41) is 1.97. The summed E-state index contributed by atoms with van der Waals surface area (Å²) in [5.41, 5.74) is 1.76. The second-order valence-electron chi connectivity index (χ2n) is 4.26. The minimum Gasteiger partial charge on any atom is -0.363 e. The number of thiophene rings is 1. The molecule has 0 spiro atoms. The molecule has 0 saturated carbocycles. The molecule has 0 N–H and O–H groups in total. The van der Waals surface area contributed by atoms with Gasteiger partial charge in [-0.1, -0.05) is 6.92 Å². The fraction of sp³-hybridized carbons (Fsp3) is 0.286. The molecule has 0 aliphatic carbocycles. The molecule has 0 radical (unpaired) electrons. The van der Waals surface area contributed by atoms with Gasteiger partial charge in [-0.05, 0) is 35.6 Å². The first-order valence-electron chi connectivity index (χ1n) is 5.88. The Morgan fingerprint density at radius 3 is 2.67 bits per heavy atom. The number of anilines is 1. The van der Waals surface area contributed by atoms with Gasteiger partial charge in [0.15, 0.2) is 0 Å². The van der Waals surface area contributed by atoms with Gasteiger partial charge in [-0.25, -0.2) is 4.98 Å². The van der Waals surface area contributed by atoms with Gasteiger partial charge in [0, 0.05) is 25.9 Å². The maximum absolute atomic E-state index is 12.3. The van der Waals surface area contributed by atoms with Crippen molar-refractivity contribution in [1.82, 2.24) is 4.98 Å². The Bertz CT molecular complexity index is 543. The molecule has 4 heteroatoms. The lowest BCUT2D eigenvalue weighted by Crippen LogP contribution is -2.11. The molecule has 2 aromatic rings. The molecule has 0 aromatic carbocycles. The second kappa shape index (κ2) is 5.31. The minimum atomic E-state index is 0.0691. The van der Waals surface area contributed by atoms with E-state index in [1.807, 2.05) is 42.6 Å². The van der Waals surface area contributed by atoms with Crippen molar-refractivity contribution >= 4 is 22.9 Å². The van der Waals surface area contributed by atoms with E-state index in [1.165, 1.54) is 11.3 Å². The Morgan fingerprint density at radius 2 is 2.11 bits per heavy atom. The van der Waals surface area contributed by atoms with Crippen molar-refractivity contribution in [3.8, 4) is 0 Å². The van der Waals surface area contributed by atoms with E-state index in [2.05, 4.69) is 11.9 Å². The zero-order chi connectivity index (χ0) is 13.1. The summed E-state index contributed by atoms with van der Waals surface area (Å²) in [4.78, 5) is 19.3. The number of carbonyl (C=O) groups is 1. The van der Waals surface area contributed by atoms with Crippen molar-refractivity contribution in [2.45, 2.75) is 13.3 Å². The van der Waals surface area contributed by atoms with Crippen LogP contribution in [0.25, 0.3) is 0 Å². The second-order valence-corrected chi connectivity index (χ2v) is 5.17. The number of pyridine rings is 1. The van der Waals surface area contributed by atoms with E-state index in [1.54, 1.807) is 6.20 Å². The summed E-state index contributed by atoms with van der Waals surface area (Å²) in [7, 11) is 3.86. The lowest BCUT2D eigenvalue weighted by molar-refractivity contribution is 0.104. The summed E-state index contributed by atoms with van der Waals surface area (Å²) < 4.78 is 0. The summed E-state index contributed by atoms with van der Waals surface area (Å²) in [5.74, 6) is 0.924. The van der Waals surface area contributed by atoms with Crippen molar-refractivity contribution in [3.05, 3.63) is 45.8 Å². The van der Waals surface area contributed by atoms with E-state index in [0.29, 0.717) is 5.56 Å². The van der Waals surface area contributed by atoms with Gasteiger partial charge < -0.3 is 4.90 Å². The van der Waals surface area contributed by atoms with E-state index < -0.39 is 0 Å². The number of hydrogen-bond acceptors (Lipinski definition) is 4. The van der Waals surface area contributed by atoms with Crippen molar-refractivity contribution in [2.75, 3.05) is 19.0 Å². The van der Waals surface area contributed by atoms with E-state index in [0.717, 1.165) is 22.7 Å². The van der Waals surface area contributed by atoms with Gasteiger partial charge in [0.25, 0.3) is 0 Å². The fourth-order valence-corrected chi connectivity index (χ4v) is 2.69. The van der Waals surface area contributed by atoms with Gasteiger partial charge in [0.1, 0.15) is 5.82 Å². The van der Waals surface area contributed by atoms with Crippen LogP contribution < -0.4 is 4.90 Å². The SMILES string of the molecule is CCc1ccsc1C(=O)c1ccc(N(C)C)nc1. The van der Waals surface area contributed by atoms with Crippen LogP contribution in [0.4, 0.5) is 5.82 Å². The smallest absolute Gasteiger partial charge is 0.204 e. The Hall–Kier alpha value is -1.68. The number of rotatable bonds is 4. The van der Waals surface area contributed by atoms with Gasteiger partial charge in [-0.3, -0.25) is 4.79 Å². The molecular formula is C14H16N2OS. The maximum Gasteiger partial charge on any atom is 0.204 e. The summed E-state index contributed by atoms with van der Waals surface area (Å²) >= 11 is 1.50. The minimum absolute atomic E-state index is 0.0691. The molecule has 2 rings (SSSR count). The summed E-state index contributed by atoms with van der Waals surface area (Å²) in [6, 6.07) is 5.72. The highest BCUT2D eigenvalue weighted by Gasteiger charge is 2.14. The lowest BCUT2D eigenvalue weighted by atomic mass is 10.1. The summed E-state index contributed by atoms with van der Waals surface area (Å²) in [6.45, 7) is 2.06. The van der Waals surface area contributed by atoms with E-state index >= 15 is 0 Å². The van der Waals surface area contributed by atoms with Crippen LogP contribution in [0.3, 0.4) is 0 Å².